The Bertz CT molecular complexity index is 500. The number of benzene rings is 1. The van der Waals surface area contributed by atoms with Gasteiger partial charge in [0.2, 0.25) is 0 Å². The van der Waals surface area contributed by atoms with E-state index in [1.807, 2.05) is 19.1 Å². The molecule has 20 heavy (non-hydrogen) atoms. The van der Waals surface area contributed by atoms with Crippen molar-refractivity contribution in [3.63, 3.8) is 0 Å². The molecule has 1 aliphatic heterocycles. The van der Waals surface area contributed by atoms with Gasteiger partial charge in [-0.3, -0.25) is 0 Å². The van der Waals surface area contributed by atoms with Crippen LogP contribution < -0.4 is 5.32 Å². The second-order valence-corrected chi connectivity index (χ2v) is 4.88. The van der Waals surface area contributed by atoms with Crippen molar-refractivity contribution in [2.45, 2.75) is 25.5 Å². The average Bonchev–Trinajstić information content (AvgIpc) is 2.82. The summed E-state index contributed by atoms with van der Waals surface area (Å²) in [4.78, 5) is 25.1. The summed E-state index contributed by atoms with van der Waals surface area (Å²) in [5, 5.41) is 12.3. The highest BCUT2D eigenvalue weighted by molar-refractivity contribution is 5.93. The number of aryl methyl sites for hydroxylation is 1. The number of aliphatic hydroxyl groups is 1. The Labute approximate surface area is 117 Å². The Morgan fingerprint density at radius 2 is 2.00 bits per heavy atom. The number of carbonyl (C=O) groups is 2. The first-order chi connectivity index (χ1) is 9.51. The van der Waals surface area contributed by atoms with Crippen molar-refractivity contribution in [3.05, 3.63) is 29.8 Å². The molecule has 2 N–H and O–H groups in total. The van der Waals surface area contributed by atoms with Gasteiger partial charge in [-0.15, -0.1) is 0 Å². The fourth-order valence-corrected chi connectivity index (χ4v) is 2.23. The molecule has 2 unspecified atom stereocenters. The molecular formula is C14H18N2O4. The Hall–Kier alpha value is -2.08. The maximum atomic E-state index is 12.2. The third-order valence-corrected chi connectivity index (χ3v) is 3.32. The van der Waals surface area contributed by atoms with E-state index in [0.717, 1.165) is 5.56 Å². The maximum absolute atomic E-state index is 12.2. The third-order valence-electron chi connectivity index (χ3n) is 3.32. The molecule has 108 valence electrons. The largest absolute Gasteiger partial charge is 0.467 e. The number of hydrogen-bond donors (Lipinski definition) is 2. The van der Waals surface area contributed by atoms with E-state index >= 15 is 0 Å². The second-order valence-electron chi connectivity index (χ2n) is 4.88. The molecular weight excluding hydrogens is 260 g/mol. The van der Waals surface area contributed by atoms with Crippen LogP contribution in [0.15, 0.2) is 24.3 Å². The van der Waals surface area contributed by atoms with Gasteiger partial charge in [-0.25, -0.2) is 9.59 Å². The molecule has 0 aromatic heterocycles. The maximum Gasteiger partial charge on any atom is 0.328 e. The molecule has 1 saturated heterocycles. The third kappa shape index (κ3) is 3.08. The molecule has 6 heteroatoms. The summed E-state index contributed by atoms with van der Waals surface area (Å²) in [6, 6.07) is 6.18. The molecule has 6 nitrogen and oxygen atoms in total. The summed E-state index contributed by atoms with van der Waals surface area (Å²) in [6.45, 7) is 2.08. The molecule has 2 rings (SSSR count). The number of methoxy groups -OCH3 is 1. The van der Waals surface area contributed by atoms with Gasteiger partial charge in [0.05, 0.1) is 13.2 Å². The number of aliphatic hydroxyl groups excluding tert-OH is 1. The number of amides is 2. The van der Waals surface area contributed by atoms with Crippen LogP contribution in [-0.4, -0.2) is 47.8 Å². The fraction of sp³-hybridized carbons (Fsp3) is 0.429. The van der Waals surface area contributed by atoms with Gasteiger partial charge < -0.3 is 20.1 Å². The number of urea groups is 1. The molecule has 0 spiro atoms. The van der Waals surface area contributed by atoms with Gasteiger partial charge in [0.15, 0.2) is 0 Å². The van der Waals surface area contributed by atoms with E-state index in [1.54, 1.807) is 12.1 Å². The summed E-state index contributed by atoms with van der Waals surface area (Å²) in [7, 11) is 1.27. The number of rotatable bonds is 2. The van der Waals surface area contributed by atoms with E-state index in [4.69, 9.17) is 0 Å². The lowest BCUT2D eigenvalue weighted by atomic mass is 10.2. The van der Waals surface area contributed by atoms with Crippen LogP contribution in [0.4, 0.5) is 10.5 Å². The van der Waals surface area contributed by atoms with Crippen LogP contribution in [-0.2, 0) is 9.53 Å². The predicted octanol–water partition coefficient (Wildman–Crippen LogP) is 1.14. The lowest BCUT2D eigenvalue weighted by Crippen LogP contribution is -2.43. The first kappa shape index (κ1) is 14.3. The fourth-order valence-electron chi connectivity index (χ4n) is 2.23. The summed E-state index contributed by atoms with van der Waals surface area (Å²) in [5.74, 6) is -0.513. The van der Waals surface area contributed by atoms with Crippen molar-refractivity contribution >= 4 is 17.7 Å². The standard InChI is InChI=1S/C14H18N2O4/c1-9-3-5-10(6-4-9)15-14(19)16-8-11(17)7-12(16)13(18)20-2/h3-6,11-12,17H,7-8H2,1-2H3,(H,15,19). The summed E-state index contributed by atoms with van der Waals surface area (Å²) in [5.41, 5.74) is 1.73. The number of anilines is 1. The van der Waals surface area contributed by atoms with Crippen LogP contribution in [0.2, 0.25) is 0 Å². The molecule has 1 aliphatic rings. The van der Waals surface area contributed by atoms with Crippen LogP contribution >= 0.6 is 0 Å². The molecule has 1 aromatic carbocycles. The van der Waals surface area contributed by atoms with Crippen LogP contribution in [0.1, 0.15) is 12.0 Å². The highest BCUT2D eigenvalue weighted by Crippen LogP contribution is 2.20. The number of carbonyl (C=O) groups excluding carboxylic acids is 2. The monoisotopic (exact) mass is 278 g/mol. The smallest absolute Gasteiger partial charge is 0.328 e. The number of nitrogens with one attached hydrogen (secondary N) is 1. The quantitative estimate of drug-likeness (QED) is 0.795. The van der Waals surface area contributed by atoms with E-state index in [1.165, 1.54) is 12.0 Å². The highest BCUT2D eigenvalue weighted by Gasteiger charge is 2.39. The SMILES string of the molecule is COC(=O)C1CC(O)CN1C(=O)Nc1ccc(C)cc1. The summed E-state index contributed by atoms with van der Waals surface area (Å²) < 4.78 is 4.66. The van der Waals surface area contributed by atoms with Gasteiger partial charge in [-0.2, -0.15) is 0 Å². The van der Waals surface area contributed by atoms with E-state index in [2.05, 4.69) is 10.1 Å². The predicted molar refractivity (Wildman–Crippen MR) is 73.3 cm³/mol. The van der Waals surface area contributed by atoms with Crippen molar-refractivity contribution < 1.29 is 19.4 Å². The second kappa shape index (κ2) is 5.92. The first-order valence-corrected chi connectivity index (χ1v) is 6.41. The average molecular weight is 278 g/mol. The molecule has 0 bridgehead atoms. The van der Waals surface area contributed by atoms with Gasteiger partial charge in [0.25, 0.3) is 0 Å². The zero-order valence-corrected chi connectivity index (χ0v) is 11.5. The van der Waals surface area contributed by atoms with E-state index < -0.39 is 24.1 Å². The van der Waals surface area contributed by atoms with Crippen LogP contribution in [0.25, 0.3) is 0 Å². The lowest BCUT2D eigenvalue weighted by Gasteiger charge is -2.22. The Morgan fingerprint density at radius 1 is 1.35 bits per heavy atom. The topological polar surface area (TPSA) is 78.9 Å². The van der Waals surface area contributed by atoms with E-state index in [-0.39, 0.29) is 13.0 Å². The minimum absolute atomic E-state index is 0.122. The molecule has 2 amide bonds. The summed E-state index contributed by atoms with van der Waals surface area (Å²) in [6.07, 6.45) is -0.503. The molecule has 0 radical (unpaired) electrons. The minimum atomic E-state index is -0.736. The van der Waals surface area contributed by atoms with Crippen molar-refractivity contribution in [1.29, 1.82) is 0 Å². The highest BCUT2D eigenvalue weighted by atomic mass is 16.5. The molecule has 2 atom stereocenters. The van der Waals surface area contributed by atoms with Gasteiger partial charge in [0, 0.05) is 18.7 Å². The number of likely N-dealkylation sites (tertiary alicyclic amines) is 1. The zero-order valence-electron chi connectivity index (χ0n) is 11.5. The zero-order chi connectivity index (χ0) is 14.7. The van der Waals surface area contributed by atoms with Crippen LogP contribution in [0, 0.1) is 6.92 Å². The van der Waals surface area contributed by atoms with Gasteiger partial charge in [0.1, 0.15) is 6.04 Å². The number of esters is 1. The number of hydrogen-bond acceptors (Lipinski definition) is 4. The summed E-state index contributed by atoms with van der Waals surface area (Å²) >= 11 is 0. The first-order valence-electron chi connectivity index (χ1n) is 6.41. The van der Waals surface area contributed by atoms with Crippen molar-refractivity contribution in [3.8, 4) is 0 Å². The Balaban J connectivity index is 2.07. The molecule has 1 heterocycles. The van der Waals surface area contributed by atoms with Crippen molar-refractivity contribution in [2.75, 3.05) is 19.0 Å². The molecule has 1 fully saturated rings. The van der Waals surface area contributed by atoms with Gasteiger partial charge >= 0.3 is 12.0 Å². The van der Waals surface area contributed by atoms with Crippen LogP contribution in [0.5, 0.6) is 0 Å². The van der Waals surface area contributed by atoms with Gasteiger partial charge in [-0.1, -0.05) is 17.7 Å². The molecule has 0 saturated carbocycles. The lowest BCUT2D eigenvalue weighted by molar-refractivity contribution is -0.144. The van der Waals surface area contributed by atoms with Crippen LogP contribution in [0.3, 0.4) is 0 Å². The Morgan fingerprint density at radius 3 is 2.60 bits per heavy atom. The molecule has 1 aromatic rings. The van der Waals surface area contributed by atoms with Crippen molar-refractivity contribution in [1.82, 2.24) is 4.90 Å². The van der Waals surface area contributed by atoms with E-state index in [0.29, 0.717) is 5.69 Å². The minimum Gasteiger partial charge on any atom is -0.467 e. The number of ether oxygens (including phenoxy) is 1. The van der Waals surface area contributed by atoms with Gasteiger partial charge in [-0.05, 0) is 19.1 Å². The van der Waals surface area contributed by atoms with E-state index in [9.17, 15) is 14.7 Å². The molecule has 0 aliphatic carbocycles. The number of nitrogens with zero attached hydrogens (tertiary/aromatic N) is 1. The number of β-amino-alcohol motifs (C(OH)–C–C–N with tert-alkyl or cyclic N) is 1. The Kier molecular flexibility index (Phi) is 4.24. The normalized spacial score (nSPS) is 21.6. The van der Waals surface area contributed by atoms with Crippen molar-refractivity contribution in [2.24, 2.45) is 0 Å².